The van der Waals surface area contributed by atoms with Crippen molar-refractivity contribution in [1.29, 1.82) is 0 Å². The van der Waals surface area contributed by atoms with Gasteiger partial charge in [-0.15, -0.1) is 11.6 Å². The van der Waals surface area contributed by atoms with Gasteiger partial charge in [0.1, 0.15) is 37.1 Å². The van der Waals surface area contributed by atoms with Crippen LogP contribution in [0.15, 0.2) is 60.7 Å². The minimum Gasteiger partial charge on any atom is -0.463 e. The lowest BCUT2D eigenvalue weighted by Gasteiger charge is -2.51. The van der Waals surface area contributed by atoms with E-state index in [1.165, 1.54) is 0 Å². The summed E-state index contributed by atoms with van der Waals surface area (Å²) in [4.78, 5) is 36.2. The summed E-state index contributed by atoms with van der Waals surface area (Å²) in [5, 5.41) is 34.4. The second-order valence-electron chi connectivity index (χ2n) is 12.8. The Morgan fingerprint density at radius 2 is 1.25 bits per heavy atom. The highest BCUT2D eigenvalue weighted by Crippen LogP contribution is 2.38. The highest BCUT2D eigenvalue weighted by molar-refractivity contribution is 6.17. The van der Waals surface area contributed by atoms with E-state index in [9.17, 15) is 29.7 Å². The molecule has 312 valence electrons. The quantitative estimate of drug-likeness (QED) is 0.0504. The SMILES string of the molecule is CC(=O)OC[C@H]1O[C@](O)(O[C@H]2[C@H](OCc3ccccc3)[C@@H](OCc3ccccc3)[C@H](OCCOCCOCCCl)O[C@@H]2CO)[C@H](O)[C@@H](OC(C)=O)[C@H]1OC(C)=O. The topological polar surface area (TPSA) is 213 Å². The number of alkyl halides is 1. The molecule has 2 aliphatic heterocycles. The Morgan fingerprint density at radius 1 is 0.696 bits per heavy atom. The number of carbonyl (C=O) groups is 3. The fraction of sp³-hybridized carbons (Fsp3) is 0.605. The van der Waals surface area contributed by atoms with Gasteiger partial charge in [-0.2, -0.15) is 0 Å². The predicted octanol–water partition coefficient (Wildman–Crippen LogP) is 1.38. The van der Waals surface area contributed by atoms with Gasteiger partial charge in [0, 0.05) is 26.7 Å². The molecule has 2 aromatic rings. The first-order valence-electron chi connectivity index (χ1n) is 18.1. The van der Waals surface area contributed by atoms with Crippen LogP contribution in [0.5, 0.6) is 0 Å². The molecule has 0 amide bonds. The monoisotopic (exact) mass is 814 g/mol. The maximum Gasteiger partial charge on any atom is 0.313 e. The lowest BCUT2D eigenvalue weighted by molar-refractivity contribution is -0.475. The third-order valence-electron chi connectivity index (χ3n) is 8.50. The lowest BCUT2D eigenvalue weighted by Crippen LogP contribution is -2.71. The van der Waals surface area contributed by atoms with Crippen LogP contribution in [-0.2, 0) is 79.7 Å². The van der Waals surface area contributed by atoms with Gasteiger partial charge in [0.05, 0.1) is 52.9 Å². The highest BCUT2D eigenvalue weighted by atomic mass is 35.5. The lowest BCUT2D eigenvalue weighted by atomic mass is 9.95. The number of ether oxygens (including phenoxy) is 11. The van der Waals surface area contributed by atoms with Gasteiger partial charge >= 0.3 is 23.9 Å². The van der Waals surface area contributed by atoms with Crippen molar-refractivity contribution in [2.75, 3.05) is 52.1 Å². The third-order valence-corrected chi connectivity index (χ3v) is 8.65. The van der Waals surface area contributed by atoms with Crippen molar-refractivity contribution in [3.05, 3.63) is 71.8 Å². The molecule has 0 saturated carbocycles. The van der Waals surface area contributed by atoms with Crippen molar-refractivity contribution in [3.8, 4) is 0 Å². The Bertz CT molecular complexity index is 1470. The van der Waals surface area contributed by atoms with Crippen LogP contribution in [-0.4, -0.2) is 146 Å². The number of esters is 3. The third kappa shape index (κ3) is 13.7. The zero-order chi connectivity index (χ0) is 40.5. The van der Waals surface area contributed by atoms with Crippen LogP contribution >= 0.6 is 11.6 Å². The average molecular weight is 815 g/mol. The summed E-state index contributed by atoms with van der Waals surface area (Å²) in [6.07, 6.45) is -13.5. The largest absolute Gasteiger partial charge is 0.463 e. The number of halogens is 1. The smallest absolute Gasteiger partial charge is 0.313 e. The minimum absolute atomic E-state index is 0.0195. The van der Waals surface area contributed by atoms with E-state index in [1.807, 2.05) is 60.7 Å². The molecule has 0 radical (unpaired) electrons. The summed E-state index contributed by atoms with van der Waals surface area (Å²) < 4.78 is 63.9. The van der Waals surface area contributed by atoms with E-state index in [-0.39, 0.29) is 33.0 Å². The van der Waals surface area contributed by atoms with E-state index in [0.29, 0.717) is 19.1 Å². The second kappa shape index (κ2) is 23.2. The van der Waals surface area contributed by atoms with Gasteiger partial charge in [0.2, 0.25) is 0 Å². The minimum atomic E-state index is -3.09. The maximum atomic E-state index is 12.2. The number of benzene rings is 2. The van der Waals surface area contributed by atoms with Crippen LogP contribution in [0.3, 0.4) is 0 Å². The summed E-state index contributed by atoms with van der Waals surface area (Å²) in [6, 6.07) is 18.3. The van der Waals surface area contributed by atoms with Crippen LogP contribution in [0.1, 0.15) is 31.9 Å². The molecule has 56 heavy (non-hydrogen) atoms. The maximum absolute atomic E-state index is 12.2. The van der Waals surface area contributed by atoms with Crippen molar-refractivity contribution in [2.45, 2.75) is 95.1 Å². The number of aliphatic hydroxyl groups excluding tert-OH is 2. The molecule has 2 heterocycles. The van der Waals surface area contributed by atoms with E-state index in [4.69, 9.17) is 63.7 Å². The molecule has 2 fully saturated rings. The first-order valence-corrected chi connectivity index (χ1v) is 18.6. The standard InChI is InChI=1S/C38H51ClO17/c1-24(41)49-23-30-31(52-25(2)42)34(53-26(3)43)36(44)38(45,55-30)56-32-29(20-40)54-37(48-19-18-47-17-16-46-15-14-39)35(51-22-28-12-8-5-9-13-28)33(32)50-21-27-10-6-4-7-11-27/h4-13,29-37,40,44-45H,14-23H2,1-3H3/t29-,30-,31+,32-,33+,34+,35-,36-,37-,38+/m1/s1. The van der Waals surface area contributed by atoms with Gasteiger partial charge in [-0.25, -0.2) is 0 Å². The van der Waals surface area contributed by atoms with Crippen LogP contribution in [0.2, 0.25) is 0 Å². The van der Waals surface area contributed by atoms with Gasteiger partial charge in [-0.3, -0.25) is 14.4 Å². The molecule has 2 aromatic carbocycles. The summed E-state index contributed by atoms with van der Waals surface area (Å²) in [5.41, 5.74) is 1.53. The van der Waals surface area contributed by atoms with Gasteiger partial charge < -0.3 is 67.4 Å². The van der Waals surface area contributed by atoms with Gasteiger partial charge in [0.25, 0.3) is 0 Å². The van der Waals surface area contributed by atoms with E-state index >= 15 is 0 Å². The van der Waals surface area contributed by atoms with Crippen molar-refractivity contribution >= 4 is 29.5 Å². The zero-order valence-electron chi connectivity index (χ0n) is 31.5. The number of aliphatic hydroxyl groups is 3. The fourth-order valence-electron chi connectivity index (χ4n) is 6.03. The predicted molar refractivity (Wildman–Crippen MR) is 193 cm³/mol. The fourth-order valence-corrected chi connectivity index (χ4v) is 6.14. The molecule has 0 unspecified atom stereocenters. The number of hydrogen-bond acceptors (Lipinski definition) is 17. The Kier molecular flexibility index (Phi) is 18.8. The van der Waals surface area contributed by atoms with Crippen LogP contribution in [0.25, 0.3) is 0 Å². The zero-order valence-corrected chi connectivity index (χ0v) is 32.2. The highest BCUT2D eigenvalue weighted by Gasteiger charge is 2.61. The molecule has 2 aliphatic rings. The first kappa shape index (κ1) is 45.4. The Labute approximate surface area is 329 Å². The Morgan fingerprint density at radius 3 is 1.80 bits per heavy atom. The summed E-state index contributed by atoms with van der Waals surface area (Å²) in [7, 11) is 0. The molecule has 0 spiro atoms. The normalized spacial score (nSPS) is 29.0. The van der Waals surface area contributed by atoms with Crippen LogP contribution < -0.4 is 0 Å². The molecule has 4 rings (SSSR count). The van der Waals surface area contributed by atoms with E-state index in [2.05, 4.69) is 0 Å². The first-order chi connectivity index (χ1) is 26.9. The molecule has 3 N–H and O–H groups in total. The van der Waals surface area contributed by atoms with Gasteiger partial charge in [-0.1, -0.05) is 60.7 Å². The van der Waals surface area contributed by atoms with E-state index < -0.39 is 92.2 Å². The Hall–Kier alpha value is -3.30. The Balaban J connectivity index is 1.69. The molecular formula is C38H51ClO17. The van der Waals surface area contributed by atoms with Gasteiger partial charge in [0.15, 0.2) is 24.6 Å². The average Bonchev–Trinajstić information content (AvgIpc) is 3.17. The number of rotatable bonds is 22. The van der Waals surface area contributed by atoms with E-state index in [1.54, 1.807) is 0 Å². The molecule has 0 aliphatic carbocycles. The molecule has 2 saturated heterocycles. The van der Waals surface area contributed by atoms with Crippen molar-refractivity contribution in [2.24, 2.45) is 0 Å². The molecule has 18 heteroatoms. The van der Waals surface area contributed by atoms with Crippen LogP contribution in [0, 0.1) is 0 Å². The molecule has 10 atom stereocenters. The number of carbonyl (C=O) groups excluding carboxylic acids is 3. The molecule has 0 aromatic heterocycles. The molecule has 0 bridgehead atoms. The summed E-state index contributed by atoms with van der Waals surface area (Å²) >= 11 is 5.64. The summed E-state index contributed by atoms with van der Waals surface area (Å²) in [5.74, 6) is -5.25. The molecule has 17 nitrogen and oxygen atoms in total. The number of hydrogen-bond donors (Lipinski definition) is 3. The van der Waals surface area contributed by atoms with Crippen molar-refractivity contribution in [1.82, 2.24) is 0 Å². The van der Waals surface area contributed by atoms with Crippen LogP contribution in [0.4, 0.5) is 0 Å². The summed E-state index contributed by atoms with van der Waals surface area (Å²) in [6.45, 7) is 3.04. The second-order valence-corrected chi connectivity index (χ2v) is 13.2. The van der Waals surface area contributed by atoms with Crippen molar-refractivity contribution < 1.29 is 81.8 Å². The van der Waals surface area contributed by atoms with E-state index in [0.717, 1.165) is 31.9 Å². The van der Waals surface area contributed by atoms with Crippen molar-refractivity contribution in [3.63, 3.8) is 0 Å². The van der Waals surface area contributed by atoms with Gasteiger partial charge in [-0.05, 0) is 11.1 Å². The molecular weight excluding hydrogens is 764 g/mol.